The smallest absolute Gasteiger partial charge is 0.314 e. The second kappa shape index (κ2) is 7.11. The number of aryl methyl sites for hydroxylation is 1. The van der Waals surface area contributed by atoms with Gasteiger partial charge in [-0.25, -0.2) is 0 Å². The van der Waals surface area contributed by atoms with E-state index in [1.807, 2.05) is 12.1 Å². The highest BCUT2D eigenvalue weighted by atomic mass is 16.4. The third kappa shape index (κ3) is 3.48. The van der Waals surface area contributed by atoms with E-state index in [1.165, 1.54) is 24.8 Å². The van der Waals surface area contributed by atoms with Gasteiger partial charge in [-0.2, -0.15) is 0 Å². The van der Waals surface area contributed by atoms with Gasteiger partial charge in [-0.3, -0.25) is 4.79 Å². The van der Waals surface area contributed by atoms with Crippen molar-refractivity contribution >= 4 is 5.97 Å². The van der Waals surface area contributed by atoms with Gasteiger partial charge >= 0.3 is 5.97 Å². The van der Waals surface area contributed by atoms with Crippen LogP contribution in [0, 0.1) is 5.92 Å². The van der Waals surface area contributed by atoms with E-state index in [-0.39, 0.29) is 0 Å². The number of carboxylic acid groups (broad SMARTS) is 1. The van der Waals surface area contributed by atoms with E-state index in [0.29, 0.717) is 0 Å². The average molecular weight is 288 g/mol. The molecule has 0 aromatic heterocycles. The van der Waals surface area contributed by atoms with Crippen LogP contribution >= 0.6 is 0 Å². The molecule has 1 aliphatic rings. The first-order chi connectivity index (χ1) is 10.1. The molecule has 1 aromatic carbocycles. The van der Waals surface area contributed by atoms with Crippen molar-refractivity contribution in [3.05, 3.63) is 35.4 Å². The molecule has 0 radical (unpaired) electrons. The van der Waals surface area contributed by atoms with E-state index in [1.54, 1.807) is 0 Å². The Hall–Kier alpha value is -1.31. The molecule has 2 nitrogen and oxygen atoms in total. The Morgan fingerprint density at radius 2 is 1.81 bits per heavy atom. The number of aliphatic carboxylic acids is 1. The van der Waals surface area contributed by atoms with Gasteiger partial charge in [0, 0.05) is 0 Å². The molecule has 0 bridgehead atoms. The molecule has 0 atom stereocenters. The van der Waals surface area contributed by atoms with Crippen LogP contribution in [0.3, 0.4) is 0 Å². The van der Waals surface area contributed by atoms with Crippen molar-refractivity contribution in [2.24, 2.45) is 5.92 Å². The molecule has 0 saturated heterocycles. The lowest BCUT2D eigenvalue weighted by atomic mass is 9.66. The van der Waals surface area contributed by atoms with Crippen molar-refractivity contribution < 1.29 is 9.90 Å². The Kier molecular flexibility index (Phi) is 5.44. The summed E-state index contributed by atoms with van der Waals surface area (Å²) in [5.41, 5.74) is 1.63. The average Bonchev–Trinajstić information content (AvgIpc) is 2.53. The van der Waals surface area contributed by atoms with Gasteiger partial charge < -0.3 is 5.11 Å². The van der Waals surface area contributed by atoms with Gasteiger partial charge in [-0.1, -0.05) is 57.4 Å². The van der Waals surface area contributed by atoms with Crippen LogP contribution in [0.5, 0.6) is 0 Å². The molecule has 21 heavy (non-hydrogen) atoms. The van der Waals surface area contributed by atoms with Crippen LogP contribution in [0.15, 0.2) is 24.3 Å². The van der Waals surface area contributed by atoms with Crippen molar-refractivity contribution in [3.63, 3.8) is 0 Å². The topological polar surface area (TPSA) is 37.3 Å². The minimum absolute atomic E-state index is 0.638. The summed E-state index contributed by atoms with van der Waals surface area (Å²) in [7, 11) is 0. The number of carboxylic acids is 1. The standard InChI is InChI=1S/C19H28O2/c1-3-5-6-16-11-13-19(14-12-16,18(20)21)17-9-7-15(4-2)8-10-17/h7-10,16H,3-6,11-14H2,1-2H3,(H,20,21). The maximum absolute atomic E-state index is 12.0. The van der Waals surface area contributed by atoms with Crippen LogP contribution in [0.25, 0.3) is 0 Å². The molecule has 0 heterocycles. The molecule has 2 rings (SSSR count). The van der Waals surface area contributed by atoms with Crippen molar-refractivity contribution in [2.75, 3.05) is 0 Å². The summed E-state index contributed by atoms with van der Waals surface area (Å²) < 4.78 is 0. The zero-order valence-corrected chi connectivity index (χ0v) is 13.4. The van der Waals surface area contributed by atoms with E-state index in [9.17, 15) is 9.90 Å². The predicted molar refractivity (Wildman–Crippen MR) is 86.6 cm³/mol. The fraction of sp³-hybridized carbons (Fsp3) is 0.632. The number of carbonyl (C=O) groups is 1. The van der Waals surface area contributed by atoms with Gasteiger partial charge in [0.15, 0.2) is 0 Å². The minimum atomic E-state index is -0.644. The lowest BCUT2D eigenvalue weighted by Crippen LogP contribution is -2.39. The Balaban J connectivity index is 2.13. The highest BCUT2D eigenvalue weighted by molar-refractivity contribution is 5.81. The lowest BCUT2D eigenvalue weighted by molar-refractivity contribution is -0.145. The highest BCUT2D eigenvalue weighted by Gasteiger charge is 2.43. The first-order valence-corrected chi connectivity index (χ1v) is 8.45. The summed E-state index contributed by atoms with van der Waals surface area (Å²) in [6.45, 7) is 4.35. The number of hydrogen-bond acceptors (Lipinski definition) is 1. The van der Waals surface area contributed by atoms with Crippen LogP contribution in [0.2, 0.25) is 0 Å². The Bertz CT molecular complexity index is 453. The van der Waals surface area contributed by atoms with Gasteiger partial charge in [0.2, 0.25) is 0 Å². The van der Waals surface area contributed by atoms with Crippen LogP contribution in [-0.2, 0) is 16.6 Å². The number of benzene rings is 1. The highest BCUT2D eigenvalue weighted by Crippen LogP contribution is 2.43. The van der Waals surface area contributed by atoms with E-state index in [4.69, 9.17) is 0 Å². The first kappa shape index (κ1) is 16.1. The molecule has 0 unspecified atom stereocenters. The quantitative estimate of drug-likeness (QED) is 0.804. The monoisotopic (exact) mass is 288 g/mol. The molecule has 0 aliphatic heterocycles. The largest absolute Gasteiger partial charge is 0.481 e. The zero-order valence-electron chi connectivity index (χ0n) is 13.4. The zero-order chi connectivity index (χ0) is 15.3. The molecule has 1 aliphatic carbocycles. The normalized spacial score (nSPS) is 25.7. The van der Waals surface area contributed by atoms with Gasteiger partial charge in [0.05, 0.1) is 5.41 Å². The molecule has 1 aromatic rings. The van der Waals surface area contributed by atoms with Gasteiger partial charge in [-0.15, -0.1) is 0 Å². The molecule has 116 valence electrons. The third-order valence-electron chi connectivity index (χ3n) is 5.25. The summed E-state index contributed by atoms with van der Waals surface area (Å²) in [6.07, 6.45) is 8.48. The Morgan fingerprint density at radius 1 is 1.19 bits per heavy atom. The molecule has 2 heteroatoms. The minimum Gasteiger partial charge on any atom is -0.481 e. The molecular formula is C19H28O2. The van der Waals surface area contributed by atoms with Crippen LogP contribution in [0.4, 0.5) is 0 Å². The first-order valence-electron chi connectivity index (χ1n) is 8.45. The van der Waals surface area contributed by atoms with E-state index in [0.717, 1.165) is 43.6 Å². The molecule has 0 amide bonds. The molecule has 1 saturated carbocycles. The summed E-state index contributed by atoms with van der Waals surface area (Å²) in [6, 6.07) is 8.25. The summed E-state index contributed by atoms with van der Waals surface area (Å²) in [5.74, 6) is 0.0908. The van der Waals surface area contributed by atoms with Crippen LogP contribution < -0.4 is 0 Å². The SMILES string of the molecule is CCCCC1CCC(C(=O)O)(c2ccc(CC)cc2)CC1. The summed E-state index contributed by atoms with van der Waals surface area (Å²) in [5, 5.41) is 9.83. The predicted octanol–water partition coefficient (Wildman–Crippen LogP) is 4.95. The molecule has 1 N–H and O–H groups in total. The third-order valence-corrected chi connectivity index (χ3v) is 5.25. The maximum atomic E-state index is 12.0. The van der Waals surface area contributed by atoms with Gasteiger partial charge in [-0.05, 0) is 49.1 Å². The van der Waals surface area contributed by atoms with E-state index < -0.39 is 11.4 Å². The summed E-state index contributed by atoms with van der Waals surface area (Å²) >= 11 is 0. The number of unbranched alkanes of at least 4 members (excludes halogenated alkanes) is 1. The molecule has 0 spiro atoms. The van der Waals surface area contributed by atoms with E-state index >= 15 is 0 Å². The molecular weight excluding hydrogens is 260 g/mol. The van der Waals surface area contributed by atoms with Gasteiger partial charge in [0.25, 0.3) is 0 Å². The van der Waals surface area contributed by atoms with Crippen molar-refractivity contribution in [1.82, 2.24) is 0 Å². The number of rotatable bonds is 6. The van der Waals surface area contributed by atoms with Crippen molar-refractivity contribution in [3.8, 4) is 0 Å². The maximum Gasteiger partial charge on any atom is 0.314 e. The Labute approximate surface area is 128 Å². The fourth-order valence-electron chi connectivity index (χ4n) is 3.64. The second-order valence-electron chi connectivity index (χ2n) is 6.52. The van der Waals surface area contributed by atoms with E-state index in [2.05, 4.69) is 26.0 Å². The second-order valence-corrected chi connectivity index (χ2v) is 6.52. The number of hydrogen-bond donors (Lipinski definition) is 1. The van der Waals surface area contributed by atoms with Crippen LogP contribution in [-0.4, -0.2) is 11.1 Å². The Morgan fingerprint density at radius 3 is 2.29 bits per heavy atom. The summed E-state index contributed by atoms with van der Waals surface area (Å²) in [4.78, 5) is 12.0. The van der Waals surface area contributed by atoms with Gasteiger partial charge in [0.1, 0.15) is 0 Å². The lowest BCUT2D eigenvalue weighted by Gasteiger charge is -2.37. The van der Waals surface area contributed by atoms with Crippen molar-refractivity contribution in [1.29, 1.82) is 0 Å². The fourth-order valence-corrected chi connectivity index (χ4v) is 3.64. The van der Waals surface area contributed by atoms with Crippen molar-refractivity contribution in [2.45, 2.75) is 70.6 Å². The molecule has 1 fully saturated rings. The van der Waals surface area contributed by atoms with Crippen LogP contribution in [0.1, 0.15) is 69.9 Å².